The van der Waals surface area contributed by atoms with E-state index in [0.29, 0.717) is 36.7 Å². The summed E-state index contributed by atoms with van der Waals surface area (Å²) in [4.78, 5) is 30.8. The van der Waals surface area contributed by atoms with Crippen molar-refractivity contribution in [1.82, 2.24) is 9.88 Å². The number of halogens is 3. The molecule has 1 N–H and O–H groups in total. The van der Waals surface area contributed by atoms with E-state index in [1.165, 1.54) is 4.90 Å². The predicted molar refractivity (Wildman–Crippen MR) is 105 cm³/mol. The Morgan fingerprint density at radius 1 is 1.36 bits per heavy atom. The molecule has 0 radical (unpaired) electrons. The number of thioether (sulfide) groups is 2. The Balaban J connectivity index is 1.63. The molecule has 1 aromatic heterocycles. The van der Waals surface area contributed by atoms with E-state index < -0.39 is 28.5 Å². The van der Waals surface area contributed by atoms with Gasteiger partial charge in [0.15, 0.2) is 4.08 Å². The second-order valence-corrected chi connectivity index (χ2v) is 10.0. The molecule has 0 aliphatic carbocycles. The van der Waals surface area contributed by atoms with Crippen molar-refractivity contribution >= 4 is 41.2 Å². The number of hydrogen-bond acceptors (Lipinski definition) is 5. The van der Waals surface area contributed by atoms with Gasteiger partial charge >= 0.3 is 6.18 Å². The molecule has 0 unspecified atom stereocenters. The first-order valence-corrected chi connectivity index (χ1v) is 11.0. The highest BCUT2D eigenvalue weighted by atomic mass is 32.2. The number of aryl methyl sites for hydroxylation is 1. The van der Waals surface area contributed by atoms with Gasteiger partial charge in [0.05, 0.1) is 12.3 Å². The molecule has 2 aliphatic heterocycles. The van der Waals surface area contributed by atoms with Crippen LogP contribution in [-0.2, 0) is 9.59 Å². The number of carbonyl (C=O) groups excluding carboxylic acids is 2. The normalized spacial score (nSPS) is 22.1. The Labute approximate surface area is 170 Å². The molecule has 0 saturated carbocycles. The molecule has 2 amide bonds. The average molecular weight is 434 g/mol. The van der Waals surface area contributed by atoms with Crippen molar-refractivity contribution < 1.29 is 22.8 Å². The molecule has 5 nitrogen and oxygen atoms in total. The number of alkyl halides is 3. The van der Waals surface area contributed by atoms with Gasteiger partial charge in [0, 0.05) is 30.8 Å². The summed E-state index contributed by atoms with van der Waals surface area (Å²) in [6.45, 7) is 2.35. The number of anilines is 1. The molecule has 0 aromatic carbocycles. The number of nitrogens with zero attached hydrogens (tertiary/aromatic N) is 2. The molecule has 1 aromatic rings. The molecule has 3 rings (SSSR count). The minimum Gasteiger partial charge on any atom is -0.342 e. The van der Waals surface area contributed by atoms with Gasteiger partial charge in [0.25, 0.3) is 0 Å². The van der Waals surface area contributed by atoms with Gasteiger partial charge < -0.3 is 10.2 Å². The largest absolute Gasteiger partial charge is 0.412 e. The highest BCUT2D eigenvalue weighted by molar-refractivity contribution is 8.21. The maximum absolute atomic E-state index is 13.5. The first kappa shape index (κ1) is 21.3. The summed E-state index contributed by atoms with van der Waals surface area (Å²) in [6, 6.07) is 3.59. The summed E-state index contributed by atoms with van der Waals surface area (Å²) in [7, 11) is 0. The van der Waals surface area contributed by atoms with Crippen LogP contribution in [0.3, 0.4) is 0 Å². The number of aromatic nitrogens is 1. The third-order valence-electron chi connectivity index (χ3n) is 4.97. The summed E-state index contributed by atoms with van der Waals surface area (Å²) < 4.78 is 38.6. The van der Waals surface area contributed by atoms with Crippen molar-refractivity contribution in [2.45, 2.75) is 36.4 Å². The smallest absolute Gasteiger partial charge is 0.342 e. The van der Waals surface area contributed by atoms with E-state index in [2.05, 4.69) is 10.3 Å². The summed E-state index contributed by atoms with van der Waals surface area (Å²) in [5.41, 5.74) is 0.821. The molecular formula is C18H22F3N3O2S2. The van der Waals surface area contributed by atoms with E-state index in [0.717, 1.165) is 29.1 Å². The third kappa shape index (κ3) is 4.59. The number of likely N-dealkylation sites (tertiary alicyclic amines) is 1. The Hall–Kier alpha value is -1.42. The number of rotatable bonds is 4. The SMILES string of the molecule is Cc1cccnc1NC(=O)[C@@H]1CCCN(C(=O)CC2(C(F)(F)F)SCCS2)C1. The molecule has 0 spiro atoms. The lowest BCUT2D eigenvalue weighted by Crippen LogP contribution is -2.48. The van der Waals surface area contributed by atoms with Gasteiger partial charge in [-0.3, -0.25) is 9.59 Å². The monoisotopic (exact) mass is 433 g/mol. The molecular weight excluding hydrogens is 411 g/mol. The fraction of sp³-hybridized carbons (Fsp3) is 0.611. The van der Waals surface area contributed by atoms with Crippen LogP contribution >= 0.6 is 23.5 Å². The molecule has 3 heterocycles. The van der Waals surface area contributed by atoms with Gasteiger partial charge in [-0.1, -0.05) is 6.07 Å². The topological polar surface area (TPSA) is 62.3 Å². The average Bonchev–Trinajstić information content (AvgIpc) is 3.13. The van der Waals surface area contributed by atoms with E-state index in [9.17, 15) is 22.8 Å². The summed E-state index contributed by atoms with van der Waals surface area (Å²) in [6.07, 6.45) is -2.27. The maximum atomic E-state index is 13.5. The minimum atomic E-state index is -4.45. The quantitative estimate of drug-likeness (QED) is 0.785. The first-order valence-electron chi connectivity index (χ1n) is 9.07. The van der Waals surface area contributed by atoms with E-state index in [4.69, 9.17) is 0 Å². The summed E-state index contributed by atoms with van der Waals surface area (Å²) in [5.74, 6) is -0.0200. The van der Waals surface area contributed by atoms with E-state index in [1.54, 1.807) is 12.3 Å². The number of piperidine rings is 1. The van der Waals surface area contributed by atoms with E-state index >= 15 is 0 Å². The molecule has 2 saturated heterocycles. The standard InChI is InChI=1S/C18H22F3N3O2S2/c1-12-4-2-6-22-15(12)23-16(26)13-5-3-7-24(11-13)14(25)10-17(18(19,20)21)27-8-9-28-17/h2,4,6,13H,3,5,7-11H2,1H3,(H,22,23,26)/t13-/m1/s1. The second kappa shape index (κ2) is 8.52. The zero-order valence-corrected chi connectivity index (χ0v) is 17.1. The second-order valence-electron chi connectivity index (χ2n) is 6.96. The maximum Gasteiger partial charge on any atom is 0.412 e. The van der Waals surface area contributed by atoms with Crippen LogP contribution < -0.4 is 5.32 Å². The van der Waals surface area contributed by atoms with Crippen LogP contribution in [0.15, 0.2) is 18.3 Å². The van der Waals surface area contributed by atoms with Crippen LogP contribution in [-0.4, -0.2) is 56.5 Å². The van der Waals surface area contributed by atoms with Crippen LogP contribution in [0.25, 0.3) is 0 Å². The lowest BCUT2D eigenvalue weighted by atomic mass is 9.96. The van der Waals surface area contributed by atoms with Crippen molar-refractivity contribution in [3.63, 3.8) is 0 Å². The third-order valence-corrected chi connectivity index (χ3v) is 8.43. The Bertz CT molecular complexity index is 739. The fourth-order valence-corrected chi connectivity index (χ4v) is 6.32. The van der Waals surface area contributed by atoms with Crippen LogP contribution in [0, 0.1) is 12.8 Å². The van der Waals surface area contributed by atoms with E-state index in [-0.39, 0.29) is 12.5 Å². The van der Waals surface area contributed by atoms with Crippen molar-refractivity contribution in [2.24, 2.45) is 5.92 Å². The lowest BCUT2D eigenvalue weighted by Gasteiger charge is -2.35. The number of pyridine rings is 1. The summed E-state index contributed by atoms with van der Waals surface area (Å²) in [5, 5.41) is 2.77. The van der Waals surface area contributed by atoms with Crippen LogP contribution in [0.4, 0.5) is 19.0 Å². The van der Waals surface area contributed by atoms with Gasteiger partial charge in [-0.25, -0.2) is 4.98 Å². The lowest BCUT2D eigenvalue weighted by molar-refractivity contribution is -0.152. The van der Waals surface area contributed by atoms with Gasteiger partial charge in [-0.05, 0) is 31.4 Å². The van der Waals surface area contributed by atoms with Gasteiger partial charge in [-0.2, -0.15) is 13.2 Å². The van der Waals surface area contributed by atoms with Crippen LogP contribution in [0.5, 0.6) is 0 Å². The number of hydrogen-bond donors (Lipinski definition) is 1. The van der Waals surface area contributed by atoms with Crippen molar-refractivity contribution in [3.8, 4) is 0 Å². The molecule has 154 valence electrons. The first-order chi connectivity index (χ1) is 13.2. The zero-order valence-electron chi connectivity index (χ0n) is 15.4. The number of carbonyl (C=O) groups is 2. The van der Waals surface area contributed by atoms with Gasteiger partial charge in [0.1, 0.15) is 5.82 Å². The molecule has 2 aliphatic rings. The highest BCUT2D eigenvalue weighted by Gasteiger charge is 2.59. The molecule has 10 heteroatoms. The summed E-state index contributed by atoms with van der Waals surface area (Å²) >= 11 is 1.60. The highest BCUT2D eigenvalue weighted by Crippen LogP contribution is 2.56. The Morgan fingerprint density at radius 3 is 2.71 bits per heavy atom. The van der Waals surface area contributed by atoms with Crippen LogP contribution in [0.1, 0.15) is 24.8 Å². The van der Waals surface area contributed by atoms with Crippen molar-refractivity contribution in [1.29, 1.82) is 0 Å². The van der Waals surface area contributed by atoms with E-state index in [1.807, 2.05) is 13.0 Å². The Morgan fingerprint density at radius 2 is 2.07 bits per heavy atom. The molecule has 0 bridgehead atoms. The number of nitrogens with one attached hydrogen (secondary N) is 1. The Kier molecular flexibility index (Phi) is 6.48. The van der Waals surface area contributed by atoms with Gasteiger partial charge in [0.2, 0.25) is 11.8 Å². The molecule has 2 fully saturated rings. The number of amides is 2. The van der Waals surface area contributed by atoms with Crippen molar-refractivity contribution in [2.75, 3.05) is 29.9 Å². The zero-order chi connectivity index (χ0) is 20.4. The minimum absolute atomic E-state index is 0.139. The fourth-order valence-electron chi connectivity index (χ4n) is 3.38. The van der Waals surface area contributed by atoms with Crippen LogP contribution in [0.2, 0.25) is 0 Å². The molecule has 28 heavy (non-hydrogen) atoms. The predicted octanol–water partition coefficient (Wildman–Crippen LogP) is 3.70. The van der Waals surface area contributed by atoms with Crippen molar-refractivity contribution in [3.05, 3.63) is 23.9 Å². The molecule has 1 atom stereocenters. The van der Waals surface area contributed by atoms with Gasteiger partial charge in [-0.15, -0.1) is 23.5 Å².